The molecule has 7 heteroatoms. The summed E-state index contributed by atoms with van der Waals surface area (Å²) in [7, 11) is 1.44. The van der Waals surface area contributed by atoms with Crippen molar-refractivity contribution in [2.24, 2.45) is 0 Å². The lowest BCUT2D eigenvalue weighted by Crippen LogP contribution is -2.39. The van der Waals surface area contributed by atoms with Crippen LogP contribution in [0.5, 0.6) is 0 Å². The van der Waals surface area contributed by atoms with E-state index in [0.717, 1.165) is 59.3 Å². The average Bonchev–Trinajstić information content (AvgIpc) is 3.27. The number of hydrogen-bond donors (Lipinski definition) is 0. The van der Waals surface area contributed by atoms with Crippen molar-refractivity contribution >= 4 is 11.9 Å². The largest absolute Gasteiger partial charge is 0.469 e. The van der Waals surface area contributed by atoms with Crippen LogP contribution in [0, 0.1) is 20.8 Å². The van der Waals surface area contributed by atoms with Crippen LogP contribution in [0.4, 0.5) is 0 Å². The number of benzene rings is 2. The van der Waals surface area contributed by atoms with Crippen molar-refractivity contribution in [3.05, 3.63) is 80.7 Å². The summed E-state index contributed by atoms with van der Waals surface area (Å²) >= 11 is 0. The van der Waals surface area contributed by atoms with Crippen LogP contribution >= 0.6 is 0 Å². The topological polar surface area (TPSA) is 77.3 Å². The number of methoxy groups -OCH3 is 1. The van der Waals surface area contributed by atoms with Crippen LogP contribution in [0.25, 0.3) is 0 Å². The Kier molecular flexibility index (Phi) is 6.88. The number of esters is 1. The van der Waals surface area contributed by atoms with E-state index in [1.54, 1.807) is 0 Å². The SMILES string of the molecule is CCn1nnc2c1CC2(C)C[C@@H](CC(=O)OC)c1ccc2c(c1)CN(C(=O)c1cc(C)c(C)c(C)c1)CC2. The molecule has 0 saturated heterocycles. The van der Waals surface area contributed by atoms with Crippen molar-refractivity contribution in [1.82, 2.24) is 19.9 Å². The summed E-state index contributed by atoms with van der Waals surface area (Å²) in [6.45, 7) is 12.6. The molecule has 200 valence electrons. The third-order valence-electron chi connectivity index (χ3n) is 8.78. The van der Waals surface area contributed by atoms with Gasteiger partial charge in [-0.15, -0.1) is 5.10 Å². The molecule has 3 aromatic rings. The third kappa shape index (κ3) is 4.63. The maximum absolute atomic E-state index is 13.5. The number of carbonyl (C=O) groups excluding carboxylic acids is 2. The Morgan fingerprint density at radius 3 is 2.53 bits per heavy atom. The zero-order valence-corrected chi connectivity index (χ0v) is 23.4. The van der Waals surface area contributed by atoms with Gasteiger partial charge in [0.25, 0.3) is 5.91 Å². The number of fused-ring (bicyclic) bond motifs is 2. The minimum absolute atomic E-state index is 0.00819. The fourth-order valence-corrected chi connectivity index (χ4v) is 6.23. The lowest BCUT2D eigenvalue weighted by molar-refractivity contribution is -0.141. The molecule has 0 fully saturated rings. The van der Waals surface area contributed by atoms with Crippen molar-refractivity contribution in [2.75, 3.05) is 13.7 Å². The van der Waals surface area contributed by atoms with Gasteiger partial charge in [0.2, 0.25) is 0 Å². The molecule has 0 bridgehead atoms. The molecular weight excluding hydrogens is 476 g/mol. The Hall–Kier alpha value is -3.48. The quantitative estimate of drug-likeness (QED) is 0.416. The molecule has 1 aromatic heterocycles. The second kappa shape index (κ2) is 10.0. The van der Waals surface area contributed by atoms with Crippen LogP contribution in [0.1, 0.15) is 87.7 Å². The predicted molar refractivity (Wildman–Crippen MR) is 146 cm³/mol. The Morgan fingerprint density at radius 2 is 1.84 bits per heavy atom. The van der Waals surface area contributed by atoms with Gasteiger partial charge in [-0.1, -0.05) is 30.3 Å². The molecule has 0 radical (unpaired) electrons. The summed E-state index contributed by atoms with van der Waals surface area (Å²) in [5, 5.41) is 8.78. The summed E-state index contributed by atoms with van der Waals surface area (Å²) in [4.78, 5) is 27.9. The van der Waals surface area contributed by atoms with Crippen LogP contribution in [-0.2, 0) is 40.9 Å². The van der Waals surface area contributed by atoms with Crippen molar-refractivity contribution in [1.29, 1.82) is 0 Å². The molecular formula is C31H38N4O3. The first-order valence-electron chi connectivity index (χ1n) is 13.6. The van der Waals surface area contributed by atoms with Crippen molar-refractivity contribution < 1.29 is 14.3 Å². The number of nitrogens with zero attached hydrogens (tertiary/aromatic N) is 4. The molecule has 7 nitrogen and oxygen atoms in total. The van der Waals surface area contributed by atoms with Gasteiger partial charge in [-0.2, -0.15) is 0 Å². The molecule has 2 aromatic carbocycles. The molecule has 2 aliphatic rings. The Labute approximate surface area is 225 Å². The van der Waals surface area contributed by atoms with Crippen LogP contribution in [0.15, 0.2) is 30.3 Å². The standard InChI is InChI=1S/C31H38N4O3/c1-7-35-27-17-31(5,29(27)32-33-35)16-25(15-28(36)38-6)23-9-8-22-10-11-34(18-26(22)14-23)30(37)24-12-19(2)21(4)20(3)13-24/h8-9,12-14,25H,7,10-11,15-18H2,1-6H3/t25-,31?/m1/s1. The first kappa shape index (κ1) is 26.1. The van der Waals surface area contributed by atoms with Crippen molar-refractivity contribution in [3.63, 3.8) is 0 Å². The van der Waals surface area contributed by atoms with Gasteiger partial charge < -0.3 is 9.64 Å². The van der Waals surface area contributed by atoms with Gasteiger partial charge in [0.05, 0.1) is 24.9 Å². The highest BCUT2D eigenvalue weighted by Gasteiger charge is 2.45. The van der Waals surface area contributed by atoms with E-state index in [0.29, 0.717) is 19.5 Å². The van der Waals surface area contributed by atoms with Gasteiger partial charge in [-0.25, -0.2) is 4.68 Å². The summed E-state index contributed by atoms with van der Waals surface area (Å²) < 4.78 is 7.04. The minimum Gasteiger partial charge on any atom is -0.469 e. The van der Waals surface area contributed by atoms with Crippen LogP contribution < -0.4 is 0 Å². The number of hydrogen-bond acceptors (Lipinski definition) is 5. The Morgan fingerprint density at radius 1 is 1.11 bits per heavy atom. The molecule has 1 aliphatic heterocycles. The maximum atomic E-state index is 13.5. The molecule has 2 atom stereocenters. The number of rotatable bonds is 7. The lowest BCUT2D eigenvalue weighted by atomic mass is 9.65. The molecule has 1 amide bonds. The van der Waals surface area contributed by atoms with Gasteiger partial charge in [0, 0.05) is 37.0 Å². The van der Waals surface area contributed by atoms with E-state index in [2.05, 4.69) is 63.1 Å². The van der Waals surface area contributed by atoms with Crippen LogP contribution in [0.2, 0.25) is 0 Å². The lowest BCUT2D eigenvalue weighted by Gasteiger charge is -2.39. The Bertz CT molecular complexity index is 1390. The van der Waals surface area contributed by atoms with Gasteiger partial charge in [0.1, 0.15) is 0 Å². The van der Waals surface area contributed by atoms with Gasteiger partial charge >= 0.3 is 5.97 Å². The Balaban J connectivity index is 1.40. The van der Waals surface area contributed by atoms with E-state index in [4.69, 9.17) is 4.74 Å². The number of ether oxygens (including phenoxy) is 1. The summed E-state index contributed by atoms with van der Waals surface area (Å²) in [6, 6.07) is 10.6. The van der Waals surface area contributed by atoms with E-state index in [1.165, 1.54) is 23.9 Å². The van der Waals surface area contributed by atoms with Crippen molar-refractivity contribution in [3.8, 4) is 0 Å². The number of aryl methyl sites for hydroxylation is 3. The minimum atomic E-state index is -0.213. The van der Waals surface area contributed by atoms with E-state index in [1.807, 2.05) is 21.7 Å². The van der Waals surface area contributed by atoms with E-state index < -0.39 is 0 Å². The fraction of sp³-hybridized carbons (Fsp3) is 0.484. The molecule has 5 rings (SSSR count). The van der Waals surface area contributed by atoms with E-state index in [9.17, 15) is 9.59 Å². The first-order valence-corrected chi connectivity index (χ1v) is 13.6. The second-order valence-corrected chi connectivity index (χ2v) is 11.4. The molecule has 0 saturated carbocycles. The summed E-state index contributed by atoms with van der Waals surface area (Å²) in [5.41, 5.74) is 9.95. The molecule has 1 aliphatic carbocycles. The van der Waals surface area contributed by atoms with Crippen LogP contribution in [-0.4, -0.2) is 45.4 Å². The molecule has 1 unspecified atom stereocenters. The highest BCUT2D eigenvalue weighted by atomic mass is 16.5. The molecule has 38 heavy (non-hydrogen) atoms. The molecule has 0 spiro atoms. The number of carbonyl (C=O) groups is 2. The van der Waals surface area contributed by atoms with Gasteiger partial charge in [-0.3, -0.25) is 9.59 Å². The van der Waals surface area contributed by atoms with Crippen molar-refractivity contribution in [2.45, 2.75) is 84.7 Å². The smallest absolute Gasteiger partial charge is 0.306 e. The molecule has 2 heterocycles. The number of aromatic nitrogens is 3. The highest BCUT2D eigenvalue weighted by Crippen LogP contribution is 2.47. The third-order valence-corrected chi connectivity index (χ3v) is 8.78. The van der Waals surface area contributed by atoms with Crippen LogP contribution in [0.3, 0.4) is 0 Å². The van der Waals surface area contributed by atoms with Gasteiger partial charge in [-0.05, 0) is 92.0 Å². The normalized spacial score (nSPS) is 18.8. The number of amides is 1. The zero-order chi connectivity index (χ0) is 27.2. The highest BCUT2D eigenvalue weighted by molar-refractivity contribution is 5.95. The zero-order valence-electron chi connectivity index (χ0n) is 23.4. The summed E-state index contributed by atoms with van der Waals surface area (Å²) in [6.07, 6.45) is 2.84. The van der Waals surface area contributed by atoms with Gasteiger partial charge in [0.15, 0.2) is 0 Å². The fourth-order valence-electron chi connectivity index (χ4n) is 6.23. The molecule has 0 N–H and O–H groups in total. The summed E-state index contributed by atoms with van der Waals surface area (Å²) in [5.74, 6) is -0.145. The van der Waals surface area contributed by atoms with E-state index >= 15 is 0 Å². The van der Waals surface area contributed by atoms with E-state index in [-0.39, 0.29) is 23.2 Å². The average molecular weight is 515 g/mol. The predicted octanol–water partition coefficient (Wildman–Crippen LogP) is 4.97. The first-order chi connectivity index (χ1) is 18.1. The monoisotopic (exact) mass is 514 g/mol. The maximum Gasteiger partial charge on any atom is 0.306 e. The second-order valence-electron chi connectivity index (χ2n) is 11.4.